The molecule has 3 aromatic rings. The Morgan fingerprint density at radius 2 is 1.76 bits per heavy atom. The van der Waals surface area contributed by atoms with Gasteiger partial charge in [0.1, 0.15) is 24.9 Å². The summed E-state index contributed by atoms with van der Waals surface area (Å²) >= 11 is 0. The second-order valence-corrected chi connectivity index (χ2v) is 7.08. The van der Waals surface area contributed by atoms with Gasteiger partial charge in [0.2, 0.25) is 0 Å². The Labute approximate surface area is 171 Å². The Morgan fingerprint density at radius 3 is 2.48 bits per heavy atom. The maximum absolute atomic E-state index is 12.2. The van der Waals surface area contributed by atoms with Gasteiger partial charge in [0.25, 0.3) is 0 Å². The first kappa shape index (κ1) is 19.1. The fraction of sp³-hybridized carbons (Fsp3) is 0.208. The summed E-state index contributed by atoms with van der Waals surface area (Å²) in [5.74, 6) is 0.934. The van der Waals surface area contributed by atoms with Crippen molar-refractivity contribution in [1.29, 1.82) is 0 Å². The summed E-state index contributed by atoms with van der Waals surface area (Å²) in [5.41, 5.74) is 3.93. The minimum absolute atomic E-state index is 0.187. The van der Waals surface area contributed by atoms with Crippen molar-refractivity contribution in [2.45, 2.75) is 12.3 Å². The molecular weight excluding hydrogens is 363 g/mol. The lowest BCUT2D eigenvalue weighted by Crippen LogP contribution is -2.21. The molecule has 1 aliphatic carbocycles. The highest BCUT2D eigenvalue weighted by atomic mass is 16.5. The highest BCUT2D eigenvalue weighted by Gasteiger charge is 2.24. The standard InChI is InChI=1S/C24H21BO4/c1-27-19-8-6-15-10-14(4-5-17(15)12-19)16-7-9-20-18(11-16)13-21(24(26)29-3)23(28-2)22(20)25/h4-10,12-13,16H,11H2,1-3H3. The minimum Gasteiger partial charge on any atom is -0.497 e. The zero-order valence-electron chi connectivity index (χ0n) is 16.7. The first-order chi connectivity index (χ1) is 14.0. The first-order valence-corrected chi connectivity index (χ1v) is 9.39. The van der Waals surface area contributed by atoms with Gasteiger partial charge >= 0.3 is 5.97 Å². The average molecular weight is 384 g/mol. The first-order valence-electron chi connectivity index (χ1n) is 9.39. The third-order valence-electron chi connectivity index (χ3n) is 5.49. The van der Waals surface area contributed by atoms with Crippen molar-refractivity contribution in [2.75, 3.05) is 21.3 Å². The summed E-state index contributed by atoms with van der Waals surface area (Å²) in [4.78, 5) is 12.2. The number of methoxy groups -OCH3 is 3. The van der Waals surface area contributed by atoms with Crippen molar-refractivity contribution in [3.8, 4) is 11.5 Å². The van der Waals surface area contributed by atoms with E-state index >= 15 is 0 Å². The molecule has 0 N–H and O–H groups in total. The maximum atomic E-state index is 12.2. The van der Waals surface area contributed by atoms with Gasteiger partial charge in [0, 0.05) is 5.92 Å². The van der Waals surface area contributed by atoms with Crippen LogP contribution in [0, 0.1) is 0 Å². The van der Waals surface area contributed by atoms with Crippen LogP contribution in [0.5, 0.6) is 11.5 Å². The molecule has 5 heteroatoms. The Hall–Kier alpha value is -3.21. The van der Waals surface area contributed by atoms with Crippen molar-refractivity contribution < 1.29 is 19.0 Å². The Balaban J connectivity index is 1.73. The zero-order valence-corrected chi connectivity index (χ0v) is 16.7. The number of rotatable bonds is 4. The number of fused-ring (bicyclic) bond motifs is 2. The quantitative estimate of drug-likeness (QED) is 0.507. The Morgan fingerprint density at radius 1 is 1.00 bits per heavy atom. The molecule has 1 unspecified atom stereocenters. The normalized spacial score (nSPS) is 15.1. The van der Waals surface area contributed by atoms with E-state index in [1.165, 1.54) is 19.8 Å². The predicted octanol–water partition coefficient (Wildman–Crippen LogP) is 3.79. The summed E-state index contributed by atoms with van der Waals surface area (Å²) in [6, 6.07) is 14.3. The topological polar surface area (TPSA) is 44.8 Å². The number of hydrogen-bond acceptors (Lipinski definition) is 4. The van der Waals surface area contributed by atoms with E-state index < -0.39 is 5.97 Å². The SMILES string of the molecule is [B]c1c2c(cc(C(=O)OC)c1OC)CC(c1ccc3cc(OC)ccc3c1)C=C2. The van der Waals surface area contributed by atoms with Gasteiger partial charge in [-0.05, 0) is 57.5 Å². The van der Waals surface area contributed by atoms with Gasteiger partial charge in [-0.2, -0.15) is 0 Å². The van der Waals surface area contributed by atoms with Crippen LogP contribution in [0.2, 0.25) is 0 Å². The van der Waals surface area contributed by atoms with Crippen LogP contribution in [0.25, 0.3) is 16.8 Å². The summed E-state index contributed by atoms with van der Waals surface area (Å²) in [6.07, 6.45) is 4.91. The lowest BCUT2D eigenvalue weighted by atomic mass is 9.77. The number of carbonyl (C=O) groups excluding carboxylic acids is 1. The molecule has 0 saturated carbocycles. The molecule has 0 heterocycles. The molecule has 0 fully saturated rings. The predicted molar refractivity (Wildman–Crippen MR) is 116 cm³/mol. The number of hydrogen-bond donors (Lipinski definition) is 0. The lowest BCUT2D eigenvalue weighted by molar-refractivity contribution is 0.0597. The van der Waals surface area contributed by atoms with Crippen LogP contribution in [-0.2, 0) is 11.2 Å². The smallest absolute Gasteiger partial charge is 0.341 e. The molecule has 0 amide bonds. The molecule has 0 bridgehead atoms. The van der Waals surface area contributed by atoms with Crippen LogP contribution in [0.4, 0.5) is 0 Å². The fourth-order valence-electron chi connectivity index (χ4n) is 3.95. The maximum Gasteiger partial charge on any atom is 0.341 e. The third kappa shape index (κ3) is 3.37. The number of allylic oxidation sites excluding steroid dienone is 1. The number of carbonyl (C=O) groups is 1. The fourth-order valence-corrected chi connectivity index (χ4v) is 3.95. The van der Waals surface area contributed by atoms with E-state index in [1.807, 2.05) is 24.3 Å². The molecule has 0 spiro atoms. The van der Waals surface area contributed by atoms with E-state index in [0.717, 1.165) is 34.1 Å². The van der Waals surface area contributed by atoms with Crippen molar-refractivity contribution in [2.24, 2.45) is 0 Å². The van der Waals surface area contributed by atoms with E-state index in [1.54, 1.807) is 7.11 Å². The largest absolute Gasteiger partial charge is 0.497 e. The molecule has 1 aliphatic rings. The van der Waals surface area contributed by atoms with Crippen molar-refractivity contribution in [3.63, 3.8) is 0 Å². The second-order valence-electron chi connectivity index (χ2n) is 7.08. The van der Waals surface area contributed by atoms with Gasteiger partial charge in [0.05, 0.1) is 21.3 Å². The van der Waals surface area contributed by atoms with Crippen LogP contribution in [0.1, 0.15) is 33.0 Å². The molecule has 144 valence electrons. The van der Waals surface area contributed by atoms with Crippen LogP contribution in [0.15, 0.2) is 48.5 Å². The van der Waals surface area contributed by atoms with Gasteiger partial charge in [-0.1, -0.05) is 36.4 Å². The van der Waals surface area contributed by atoms with E-state index in [0.29, 0.717) is 16.8 Å². The summed E-state index contributed by atoms with van der Waals surface area (Å²) in [7, 11) is 10.8. The van der Waals surface area contributed by atoms with Crippen molar-refractivity contribution in [1.82, 2.24) is 0 Å². The van der Waals surface area contributed by atoms with E-state index in [9.17, 15) is 4.79 Å². The molecule has 0 aromatic heterocycles. The van der Waals surface area contributed by atoms with Gasteiger partial charge in [-0.15, -0.1) is 0 Å². The molecule has 4 rings (SSSR count). The lowest BCUT2D eigenvalue weighted by Gasteiger charge is -2.24. The molecule has 0 aliphatic heterocycles. The monoisotopic (exact) mass is 384 g/mol. The molecule has 2 radical (unpaired) electrons. The minimum atomic E-state index is -0.456. The van der Waals surface area contributed by atoms with Crippen molar-refractivity contribution in [3.05, 3.63) is 70.8 Å². The Bertz CT molecular complexity index is 1130. The van der Waals surface area contributed by atoms with Gasteiger partial charge in [-0.3, -0.25) is 0 Å². The average Bonchev–Trinajstić information content (AvgIpc) is 2.77. The molecule has 1 atom stereocenters. The number of ether oxygens (including phenoxy) is 3. The van der Waals surface area contributed by atoms with E-state index in [2.05, 4.69) is 30.3 Å². The van der Waals surface area contributed by atoms with Crippen LogP contribution < -0.4 is 14.9 Å². The van der Waals surface area contributed by atoms with Crippen molar-refractivity contribution >= 4 is 36.1 Å². The van der Waals surface area contributed by atoms with Gasteiger partial charge in [-0.25, -0.2) is 4.79 Å². The third-order valence-corrected chi connectivity index (χ3v) is 5.49. The van der Waals surface area contributed by atoms with Gasteiger partial charge in [0.15, 0.2) is 0 Å². The molecule has 29 heavy (non-hydrogen) atoms. The van der Waals surface area contributed by atoms with Gasteiger partial charge < -0.3 is 14.2 Å². The molecular formula is C24H21BO4. The highest BCUT2D eigenvalue weighted by molar-refractivity contribution is 6.37. The molecule has 3 aromatic carbocycles. The number of benzene rings is 3. The van der Waals surface area contributed by atoms with Crippen LogP contribution >= 0.6 is 0 Å². The Kier molecular flexibility index (Phi) is 5.06. The summed E-state index contributed by atoms with van der Waals surface area (Å²) in [6.45, 7) is 0. The molecule has 0 saturated heterocycles. The van der Waals surface area contributed by atoms with E-state index in [4.69, 9.17) is 22.1 Å². The second kappa shape index (κ2) is 7.67. The van der Waals surface area contributed by atoms with Crippen LogP contribution in [-0.4, -0.2) is 35.1 Å². The molecule has 4 nitrogen and oxygen atoms in total. The van der Waals surface area contributed by atoms with Crippen LogP contribution in [0.3, 0.4) is 0 Å². The summed E-state index contributed by atoms with van der Waals surface area (Å²) < 4.78 is 15.6. The highest BCUT2D eigenvalue weighted by Crippen LogP contribution is 2.34. The van der Waals surface area contributed by atoms with E-state index in [-0.39, 0.29) is 5.92 Å². The number of esters is 1. The summed E-state index contributed by atoms with van der Waals surface area (Å²) in [5, 5.41) is 2.29. The zero-order chi connectivity index (χ0) is 20.5.